The largest absolute Gasteiger partial charge is 0.466 e. The molecule has 0 amide bonds. The molecule has 3 aromatic rings. The number of methoxy groups -OCH3 is 1. The van der Waals surface area contributed by atoms with E-state index in [2.05, 4.69) is 5.32 Å². The summed E-state index contributed by atoms with van der Waals surface area (Å²) in [6.07, 6.45) is -0.782. The lowest BCUT2D eigenvalue weighted by atomic mass is 9.80. The molecule has 0 saturated carbocycles. The van der Waals surface area contributed by atoms with E-state index in [4.69, 9.17) is 32.7 Å². The van der Waals surface area contributed by atoms with E-state index in [1.807, 2.05) is 42.3 Å². The number of nitrogens with one attached hydrogen (secondary N) is 1. The van der Waals surface area contributed by atoms with Crippen molar-refractivity contribution < 1.29 is 24.0 Å². The van der Waals surface area contributed by atoms with E-state index in [1.54, 1.807) is 38.1 Å². The van der Waals surface area contributed by atoms with Gasteiger partial charge < -0.3 is 14.8 Å². The average Bonchev–Trinajstić information content (AvgIpc) is 2.98. The van der Waals surface area contributed by atoms with Gasteiger partial charge in [0.1, 0.15) is 6.10 Å². The molecular formula is C32H32Cl3N3O6. The molecule has 9 nitrogen and oxygen atoms in total. The third kappa shape index (κ3) is 7.98. The lowest BCUT2D eigenvalue weighted by molar-refractivity contribution is -0.384. The number of nitro benzene ring substituents is 1. The summed E-state index contributed by atoms with van der Waals surface area (Å²) in [5, 5.41) is 15.4. The van der Waals surface area contributed by atoms with Crippen LogP contribution in [0.3, 0.4) is 0 Å². The molecule has 0 saturated heterocycles. The number of esters is 2. The summed E-state index contributed by atoms with van der Waals surface area (Å²) < 4.78 is 11.2. The first-order chi connectivity index (χ1) is 20.5. The fourth-order valence-corrected chi connectivity index (χ4v) is 5.46. The molecule has 0 radical (unpaired) electrons. The van der Waals surface area contributed by atoms with Crippen LogP contribution >= 0.6 is 35.6 Å². The maximum atomic E-state index is 14.1. The summed E-state index contributed by atoms with van der Waals surface area (Å²) in [4.78, 5) is 40.2. The van der Waals surface area contributed by atoms with Gasteiger partial charge in [0.15, 0.2) is 0 Å². The number of non-ortho nitro benzene ring substituents is 1. The zero-order valence-electron chi connectivity index (χ0n) is 24.5. The fourth-order valence-electron chi connectivity index (χ4n) is 5.16. The quantitative estimate of drug-likeness (QED) is 0.139. The van der Waals surface area contributed by atoms with Gasteiger partial charge in [-0.05, 0) is 49.7 Å². The Morgan fingerprint density at radius 2 is 1.61 bits per heavy atom. The zero-order valence-corrected chi connectivity index (χ0v) is 26.8. The number of benzene rings is 3. The molecule has 0 spiro atoms. The van der Waals surface area contributed by atoms with Gasteiger partial charge in [-0.1, -0.05) is 71.7 Å². The second-order valence-electron chi connectivity index (χ2n) is 10.2. The summed E-state index contributed by atoms with van der Waals surface area (Å²) in [5.41, 5.74) is 3.06. The van der Waals surface area contributed by atoms with Crippen molar-refractivity contribution in [2.45, 2.75) is 32.4 Å². The van der Waals surface area contributed by atoms with Crippen LogP contribution in [-0.4, -0.2) is 42.5 Å². The Kier molecular flexibility index (Phi) is 12.0. The third-order valence-corrected chi connectivity index (χ3v) is 7.88. The minimum Gasteiger partial charge on any atom is -0.466 e. The topological polar surface area (TPSA) is 111 Å². The Bertz CT molecular complexity index is 1610. The van der Waals surface area contributed by atoms with E-state index in [0.717, 1.165) is 5.56 Å². The first-order valence-corrected chi connectivity index (χ1v) is 14.1. The molecule has 0 aromatic heterocycles. The van der Waals surface area contributed by atoms with Crippen molar-refractivity contribution in [2.75, 3.05) is 20.7 Å². The van der Waals surface area contributed by atoms with Gasteiger partial charge in [0.25, 0.3) is 5.69 Å². The molecule has 0 bridgehead atoms. The number of rotatable bonds is 10. The lowest BCUT2D eigenvalue weighted by Crippen LogP contribution is -2.34. The van der Waals surface area contributed by atoms with Crippen molar-refractivity contribution in [2.24, 2.45) is 0 Å². The Labute approximate surface area is 272 Å². The molecule has 4 rings (SSSR count). The Morgan fingerprint density at radius 1 is 0.955 bits per heavy atom. The zero-order chi connectivity index (χ0) is 31.3. The molecule has 44 heavy (non-hydrogen) atoms. The highest BCUT2D eigenvalue weighted by Crippen LogP contribution is 2.41. The van der Waals surface area contributed by atoms with Gasteiger partial charge in [0, 0.05) is 36.6 Å². The third-order valence-electron chi connectivity index (χ3n) is 7.14. The van der Waals surface area contributed by atoms with Gasteiger partial charge in [-0.2, -0.15) is 0 Å². The number of ether oxygens (including phenoxy) is 2. The molecule has 2 unspecified atom stereocenters. The van der Waals surface area contributed by atoms with Gasteiger partial charge in [-0.3, -0.25) is 15.0 Å². The van der Waals surface area contributed by atoms with E-state index in [1.165, 1.54) is 25.3 Å². The molecule has 0 aliphatic carbocycles. The average molecular weight is 661 g/mol. The summed E-state index contributed by atoms with van der Waals surface area (Å²) in [5.74, 6) is -2.37. The van der Waals surface area contributed by atoms with Gasteiger partial charge in [-0.15, -0.1) is 12.4 Å². The Hall–Kier alpha value is -3.89. The monoisotopic (exact) mass is 659 g/mol. The Morgan fingerprint density at radius 3 is 2.23 bits per heavy atom. The molecule has 1 aliphatic heterocycles. The number of nitrogens with zero attached hydrogens (tertiary/aromatic N) is 2. The second kappa shape index (κ2) is 15.2. The second-order valence-corrected chi connectivity index (χ2v) is 11.0. The number of halogens is 3. The van der Waals surface area contributed by atoms with Gasteiger partial charge in [-0.25, -0.2) is 9.59 Å². The first kappa shape index (κ1) is 34.6. The SMILES string of the molecule is COC(=O)C1=C(C)NC(C)=C(C(=O)OC(CN(C)Cc2ccccc2)c2ccc(Cl)c(Cl)c2)C1c1cccc([N+](=O)[O-])c1.Cl. The number of carbonyl (C=O) groups is 2. The van der Waals surface area contributed by atoms with Crippen LogP contribution in [0.2, 0.25) is 10.0 Å². The van der Waals surface area contributed by atoms with E-state index in [-0.39, 0.29) is 29.2 Å². The highest BCUT2D eigenvalue weighted by molar-refractivity contribution is 6.42. The first-order valence-electron chi connectivity index (χ1n) is 13.4. The molecule has 1 N–H and O–H groups in total. The highest BCUT2D eigenvalue weighted by atomic mass is 35.5. The smallest absolute Gasteiger partial charge is 0.337 e. The number of allylic oxidation sites excluding steroid dienone is 2. The van der Waals surface area contributed by atoms with Crippen LogP contribution < -0.4 is 5.32 Å². The molecule has 1 heterocycles. The summed E-state index contributed by atoms with van der Waals surface area (Å²) in [6.45, 7) is 4.26. The lowest BCUT2D eigenvalue weighted by Gasteiger charge is -2.32. The van der Waals surface area contributed by atoms with Crippen LogP contribution in [0.25, 0.3) is 0 Å². The molecule has 12 heteroatoms. The maximum Gasteiger partial charge on any atom is 0.337 e. The molecule has 1 aliphatic rings. The summed E-state index contributed by atoms with van der Waals surface area (Å²) >= 11 is 12.5. The van der Waals surface area contributed by atoms with Crippen LogP contribution in [0.5, 0.6) is 0 Å². The number of nitro groups is 1. The van der Waals surface area contributed by atoms with Crippen molar-refractivity contribution in [1.29, 1.82) is 0 Å². The van der Waals surface area contributed by atoms with Gasteiger partial charge in [0.2, 0.25) is 0 Å². The molecular weight excluding hydrogens is 629 g/mol. The highest BCUT2D eigenvalue weighted by Gasteiger charge is 2.39. The summed E-state index contributed by atoms with van der Waals surface area (Å²) in [6, 6.07) is 20.7. The minimum atomic E-state index is -0.988. The number of dihydropyridines is 1. The van der Waals surface area contributed by atoms with Crippen LogP contribution in [0.15, 0.2) is 95.3 Å². The van der Waals surface area contributed by atoms with E-state index in [0.29, 0.717) is 45.7 Å². The standard InChI is InChI=1S/C32H31Cl2N3O6.ClH/c1-19-28(31(38)42-4)30(23-11-8-12-24(15-23)37(40)41)29(20(2)35-19)32(39)43-27(22-13-14-25(33)26(34)16-22)18-36(3)17-21-9-6-5-7-10-21;/h5-16,27,30,35H,17-18H2,1-4H3;1H. The normalized spacial score (nSPS) is 15.3. The van der Waals surface area contributed by atoms with Crippen LogP contribution in [0, 0.1) is 10.1 Å². The Balaban J connectivity index is 0.00000529. The van der Waals surface area contributed by atoms with Gasteiger partial charge in [0.05, 0.1) is 39.1 Å². The minimum absolute atomic E-state index is 0. The molecule has 232 valence electrons. The summed E-state index contributed by atoms with van der Waals surface area (Å²) in [7, 11) is 3.14. The predicted molar refractivity (Wildman–Crippen MR) is 172 cm³/mol. The van der Waals surface area contributed by atoms with E-state index >= 15 is 0 Å². The van der Waals surface area contributed by atoms with E-state index < -0.39 is 28.9 Å². The number of likely N-dealkylation sites (N-methyl/N-ethyl adjacent to an activating group) is 1. The van der Waals surface area contributed by atoms with Crippen molar-refractivity contribution in [3.05, 3.63) is 132 Å². The molecule has 2 atom stereocenters. The number of carbonyl (C=O) groups excluding carboxylic acids is 2. The van der Waals surface area contributed by atoms with Crippen molar-refractivity contribution in [3.63, 3.8) is 0 Å². The predicted octanol–water partition coefficient (Wildman–Crippen LogP) is 7.15. The fraction of sp³-hybridized carbons (Fsp3) is 0.250. The van der Waals surface area contributed by atoms with Crippen molar-refractivity contribution in [1.82, 2.24) is 10.2 Å². The van der Waals surface area contributed by atoms with Crippen LogP contribution in [-0.2, 0) is 25.6 Å². The number of hydrogen-bond donors (Lipinski definition) is 1. The van der Waals surface area contributed by atoms with Crippen molar-refractivity contribution in [3.8, 4) is 0 Å². The van der Waals surface area contributed by atoms with Crippen molar-refractivity contribution >= 4 is 53.2 Å². The maximum absolute atomic E-state index is 14.1. The van der Waals surface area contributed by atoms with Gasteiger partial charge >= 0.3 is 11.9 Å². The van der Waals surface area contributed by atoms with Crippen LogP contribution in [0.1, 0.15) is 42.6 Å². The van der Waals surface area contributed by atoms with Crippen LogP contribution in [0.4, 0.5) is 5.69 Å². The molecule has 3 aromatic carbocycles. The van der Waals surface area contributed by atoms with E-state index in [9.17, 15) is 19.7 Å². The number of hydrogen-bond acceptors (Lipinski definition) is 8. The molecule has 0 fully saturated rings.